The highest BCUT2D eigenvalue weighted by molar-refractivity contribution is 7.68. The van der Waals surface area contributed by atoms with E-state index < -0.39 is 7.29 Å². The molecule has 2 aromatic rings. The molecule has 3 nitrogen and oxygen atoms in total. The van der Waals surface area contributed by atoms with E-state index in [-0.39, 0.29) is 6.04 Å². The molecule has 4 heteroatoms. The normalized spacial score (nSPS) is 28.4. The van der Waals surface area contributed by atoms with E-state index in [0.29, 0.717) is 17.4 Å². The maximum atomic E-state index is 14.0. The van der Waals surface area contributed by atoms with Gasteiger partial charge in [0.1, 0.15) is 11.5 Å². The molecule has 150 valence electrons. The Bertz CT molecular complexity index is 923. The van der Waals surface area contributed by atoms with Crippen LogP contribution in [0.25, 0.3) is 11.5 Å². The van der Waals surface area contributed by atoms with Crippen molar-refractivity contribution in [2.75, 3.05) is 0 Å². The molecule has 0 spiro atoms. The van der Waals surface area contributed by atoms with E-state index in [0.717, 1.165) is 23.0 Å². The lowest BCUT2D eigenvalue weighted by atomic mass is 9.84. The molecule has 2 aliphatic carbocycles. The average Bonchev–Trinajstić information content (AvgIpc) is 3.38. The van der Waals surface area contributed by atoms with Gasteiger partial charge in [-0.15, -0.1) is 0 Å². The molecule has 0 radical (unpaired) electrons. The molecule has 29 heavy (non-hydrogen) atoms. The molecule has 0 unspecified atom stereocenters. The Labute approximate surface area is 173 Å². The summed E-state index contributed by atoms with van der Waals surface area (Å²) in [7, 11) is -2.89. The van der Waals surface area contributed by atoms with Gasteiger partial charge in [-0.2, -0.15) is 0 Å². The van der Waals surface area contributed by atoms with Crippen molar-refractivity contribution in [2.24, 2.45) is 17.8 Å². The summed E-state index contributed by atoms with van der Waals surface area (Å²) in [5.41, 5.74) is 1.90. The lowest BCUT2D eigenvalue weighted by Gasteiger charge is -2.32. The summed E-state index contributed by atoms with van der Waals surface area (Å²) in [4.78, 5) is 0. The Balaban J connectivity index is 1.47. The van der Waals surface area contributed by atoms with Crippen molar-refractivity contribution in [1.29, 1.82) is 0 Å². The molecule has 1 heterocycles. The Kier molecular flexibility index (Phi) is 4.97. The first kappa shape index (κ1) is 18.9. The van der Waals surface area contributed by atoms with E-state index in [4.69, 9.17) is 4.74 Å². The molecule has 2 aromatic carbocycles. The van der Waals surface area contributed by atoms with E-state index in [9.17, 15) is 4.57 Å². The molecule has 0 saturated heterocycles. The third-order valence-corrected chi connectivity index (χ3v) is 8.84. The number of rotatable bonds is 5. The van der Waals surface area contributed by atoms with Crippen LogP contribution in [0.1, 0.15) is 43.7 Å². The minimum absolute atomic E-state index is 0.232. The van der Waals surface area contributed by atoms with Gasteiger partial charge in [0.25, 0.3) is 0 Å². The second-order valence-electron chi connectivity index (χ2n) is 8.79. The van der Waals surface area contributed by atoms with Crippen LogP contribution in [0.15, 0.2) is 72.3 Å². The van der Waals surface area contributed by atoms with E-state index in [1.54, 1.807) is 0 Å². The fourth-order valence-electron chi connectivity index (χ4n) is 5.42. The van der Waals surface area contributed by atoms with Crippen LogP contribution in [0.5, 0.6) is 0 Å². The number of ether oxygens (including phenoxy) is 1. The predicted octanol–water partition coefficient (Wildman–Crippen LogP) is 6.71. The summed E-state index contributed by atoms with van der Waals surface area (Å²) in [6.07, 6.45) is 5.36. The Morgan fingerprint density at radius 3 is 1.97 bits per heavy atom. The molecule has 5 rings (SSSR count). The standard InChI is InChI=1S/C25H28NO2P/c1-18(23-15-19-12-13-22(23)14-19)26-29(27)16-24(20-8-4-2-5-9-20)28-25(17-29)21-10-6-3-7-11-21/h2-11,16-19,22-23H,12-15H2,1H3,(H,26,27)/t18-,19+,22+,23-/m0/s1. The number of nitrogens with one attached hydrogen (secondary N) is 1. The zero-order chi connectivity index (χ0) is 19.8. The van der Waals surface area contributed by atoms with Crippen molar-refractivity contribution in [1.82, 2.24) is 5.09 Å². The van der Waals surface area contributed by atoms with Crippen LogP contribution in [0.3, 0.4) is 0 Å². The van der Waals surface area contributed by atoms with Gasteiger partial charge in [0, 0.05) is 28.8 Å². The smallest absolute Gasteiger partial charge is 0.198 e. The lowest BCUT2D eigenvalue weighted by Crippen LogP contribution is -2.34. The van der Waals surface area contributed by atoms with E-state index in [1.165, 1.54) is 25.7 Å². The summed E-state index contributed by atoms with van der Waals surface area (Å²) in [6, 6.07) is 20.1. The summed E-state index contributed by atoms with van der Waals surface area (Å²) >= 11 is 0. The molecule has 4 atom stereocenters. The Morgan fingerprint density at radius 1 is 0.897 bits per heavy atom. The van der Waals surface area contributed by atoms with Crippen LogP contribution in [0, 0.1) is 17.8 Å². The van der Waals surface area contributed by atoms with E-state index >= 15 is 0 Å². The maximum absolute atomic E-state index is 14.0. The van der Waals surface area contributed by atoms with Crippen molar-refractivity contribution >= 4 is 18.8 Å². The average molecular weight is 405 g/mol. The van der Waals surface area contributed by atoms with Crippen LogP contribution in [-0.4, -0.2) is 6.04 Å². The zero-order valence-corrected chi connectivity index (χ0v) is 17.7. The van der Waals surface area contributed by atoms with Crippen molar-refractivity contribution in [3.8, 4) is 0 Å². The first-order valence-electron chi connectivity index (χ1n) is 10.7. The molecular formula is C25H28NO2P. The Hall–Kier alpha value is -2.09. The molecule has 2 fully saturated rings. The first-order valence-corrected chi connectivity index (χ1v) is 12.6. The first-order chi connectivity index (χ1) is 14.1. The van der Waals surface area contributed by atoms with Gasteiger partial charge >= 0.3 is 0 Å². The molecule has 0 amide bonds. The highest BCUT2D eigenvalue weighted by atomic mass is 31.2. The molecule has 0 aromatic heterocycles. The maximum Gasteiger partial charge on any atom is 0.198 e. The minimum Gasteiger partial charge on any atom is -0.456 e. The van der Waals surface area contributed by atoms with Crippen LogP contribution in [0.4, 0.5) is 0 Å². The van der Waals surface area contributed by atoms with Gasteiger partial charge < -0.3 is 4.74 Å². The van der Waals surface area contributed by atoms with Gasteiger partial charge in [0.05, 0.1) is 0 Å². The summed E-state index contributed by atoms with van der Waals surface area (Å²) in [5.74, 6) is 7.29. The van der Waals surface area contributed by atoms with Gasteiger partial charge in [-0.05, 0) is 43.9 Å². The molecule has 2 bridgehead atoms. The highest BCUT2D eigenvalue weighted by Gasteiger charge is 2.43. The van der Waals surface area contributed by atoms with Crippen LogP contribution in [-0.2, 0) is 9.30 Å². The third-order valence-electron chi connectivity index (χ3n) is 6.80. The number of benzene rings is 2. The zero-order valence-electron chi connectivity index (χ0n) is 16.8. The lowest BCUT2D eigenvalue weighted by molar-refractivity contribution is 0.280. The van der Waals surface area contributed by atoms with E-state index in [2.05, 4.69) is 12.0 Å². The van der Waals surface area contributed by atoms with Gasteiger partial charge in [-0.1, -0.05) is 67.1 Å². The minimum atomic E-state index is -2.89. The molecular weight excluding hydrogens is 377 g/mol. The number of hydrogen-bond donors (Lipinski definition) is 1. The molecule has 1 N–H and O–H groups in total. The fourth-order valence-corrected chi connectivity index (χ4v) is 7.58. The summed E-state index contributed by atoms with van der Waals surface area (Å²) in [5, 5.41) is 3.54. The van der Waals surface area contributed by atoms with Crippen molar-refractivity contribution < 1.29 is 9.30 Å². The van der Waals surface area contributed by atoms with Gasteiger partial charge in [0.2, 0.25) is 0 Å². The third kappa shape index (κ3) is 3.86. The predicted molar refractivity (Wildman–Crippen MR) is 119 cm³/mol. The summed E-state index contributed by atoms with van der Waals surface area (Å²) < 4.78 is 20.3. The van der Waals surface area contributed by atoms with Crippen LogP contribution < -0.4 is 5.09 Å². The molecule has 2 saturated carbocycles. The topological polar surface area (TPSA) is 38.3 Å². The second-order valence-corrected chi connectivity index (χ2v) is 11.0. The van der Waals surface area contributed by atoms with Crippen LogP contribution in [0.2, 0.25) is 0 Å². The number of fused-ring (bicyclic) bond motifs is 2. The Morgan fingerprint density at radius 2 is 1.48 bits per heavy atom. The van der Waals surface area contributed by atoms with Gasteiger partial charge in [0.15, 0.2) is 7.29 Å². The fraction of sp³-hybridized carbons (Fsp3) is 0.360. The second kappa shape index (κ2) is 7.63. The largest absolute Gasteiger partial charge is 0.456 e. The van der Waals surface area contributed by atoms with E-state index in [1.807, 2.05) is 72.3 Å². The monoisotopic (exact) mass is 405 g/mol. The van der Waals surface area contributed by atoms with Crippen molar-refractivity contribution in [2.45, 2.75) is 38.6 Å². The van der Waals surface area contributed by atoms with Crippen molar-refractivity contribution in [3.63, 3.8) is 0 Å². The quantitative estimate of drug-likeness (QED) is 0.562. The molecule has 1 aliphatic heterocycles. The van der Waals surface area contributed by atoms with Crippen molar-refractivity contribution in [3.05, 3.63) is 83.4 Å². The van der Waals surface area contributed by atoms with Gasteiger partial charge in [-0.25, -0.2) is 0 Å². The van der Waals surface area contributed by atoms with Crippen LogP contribution >= 0.6 is 7.29 Å². The molecule has 3 aliphatic rings. The summed E-state index contributed by atoms with van der Waals surface area (Å²) in [6.45, 7) is 2.21. The van der Waals surface area contributed by atoms with Gasteiger partial charge in [-0.3, -0.25) is 9.65 Å². The SMILES string of the molecule is C[C@H](NP1(=O)C=C(c2ccccc2)OC(c2ccccc2)=C1)[C@@H]1C[C@@H]2CC[C@@H]1C2. The number of hydrogen-bond acceptors (Lipinski definition) is 2. The highest BCUT2D eigenvalue weighted by Crippen LogP contribution is 2.56.